The number of nitrogens with zero attached hydrogens (tertiary/aromatic N) is 2. The van der Waals surface area contributed by atoms with Gasteiger partial charge in [-0.15, -0.1) is 0 Å². The van der Waals surface area contributed by atoms with Crippen LogP contribution in [0.2, 0.25) is 20.2 Å². The van der Waals surface area contributed by atoms with Crippen molar-refractivity contribution in [3.8, 4) is 17.6 Å². The van der Waals surface area contributed by atoms with Gasteiger partial charge in [0.05, 0.1) is 28.0 Å². The van der Waals surface area contributed by atoms with Crippen molar-refractivity contribution in [1.29, 1.82) is 5.26 Å². The molecule has 1 heterocycles. The van der Waals surface area contributed by atoms with E-state index in [2.05, 4.69) is 15.3 Å². The number of nitriles is 1. The normalized spacial score (nSPS) is 10.4. The van der Waals surface area contributed by atoms with Crippen molar-refractivity contribution in [1.82, 2.24) is 15.3 Å². The average Bonchev–Trinajstić information content (AvgIpc) is 3.09. The molecular weight excluding hydrogens is 446 g/mol. The first-order chi connectivity index (χ1) is 13.4. The molecule has 1 aromatic heterocycles. The van der Waals surface area contributed by atoms with E-state index in [0.717, 1.165) is 0 Å². The number of nitrogens with one attached hydrogen (secondary N) is 2. The number of amides is 1. The first kappa shape index (κ1) is 20.3. The fraction of sp³-hybridized carbons (Fsp3) is 0.0556. The molecule has 0 radical (unpaired) electrons. The molecule has 10 heteroatoms. The highest BCUT2D eigenvalue weighted by atomic mass is 35.5. The minimum Gasteiger partial charge on any atom is -0.454 e. The highest BCUT2D eigenvalue weighted by Crippen LogP contribution is 2.39. The van der Waals surface area contributed by atoms with Crippen LogP contribution in [0.1, 0.15) is 21.6 Å². The summed E-state index contributed by atoms with van der Waals surface area (Å²) < 4.78 is 5.75. The van der Waals surface area contributed by atoms with Crippen LogP contribution >= 0.6 is 46.4 Å². The zero-order valence-electron chi connectivity index (χ0n) is 13.9. The van der Waals surface area contributed by atoms with Crippen LogP contribution < -0.4 is 10.1 Å². The van der Waals surface area contributed by atoms with Gasteiger partial charge in [-0.1, -0.05) is 52.5 Å². The van der Waals surface area contributed by atoms with Crippen LogP contribution in [-0.4, -0.2) is 15.9 Å². The van der Waals surface area contributed by atoms with Crippen LogP contribution in [-0.2, 0) is 6.54 Å². The van der Waals surface area contributed by atoms with Gasteiger partial charge >= 0.3 is 0 Å². The number of hydrogen-bond donors (Lipinski definition) is 2. The molecule has 2 N–H and O–H groups in total. The Morgan fingerprint density at radius 1 is 1.21 bits per heavy atom. The maximum atomic E-state index is 12.1. The van der Waals surface area contributed by atoms with E-state index in [4.69, 9.17) is 56.4 Å². The van der Waals surface area contributed by atoms with Gasteiger partial charge in [0.25, 0.3) is 5.91 Å². The number of benzene rings is 2. The molecule has 0 atom stereocenters. The molecule has 0 unspecified atom stereocenters. The molecule has 0 saturated carbocycles. The highest BCUT2D eigenvalue weighted by molar-refractivity contribution is 6.37. The lowest BCUT2D eigenvalue weighted by Gasteiger charge is -2.14. The second-order valence-electron chi connectivity index (χ2n) is 5.49. The Morgan fingerprint density at radius 3 is 2.68 bits per heavy atom. The minimum absolute atomic E-state index is 0.0676. The fourth-order valence-corrected chi connectivity index (χ4v) is 3.24. The monoisotopic (exact) mass is 454 g/mol. The first-order valence-electron chi connectivity index (χ1n) is 7.71. The second-order valence-corrected chi connectivity index (χ2v) is 7.07. The molecular formula is C18H10Cl4N4O2. The van der Waals surface area contributed by atoms with E-state index < -0.39 is 5.91 Å². The summed E-state index contributed by atoms with van der Waals surface area (Å²) in [7, 11) is 0. The number of hydrogen-bond acceptors (Lipinski definition) is 4. The van der Waals surface area contributed by atoms with Gasteiger partial charge in [-0.3, -0.25) is 4.79 Å². The summed E-state index contributed by atoms with van der Waals surface area (Å²) in [6.07, 6.45) is 1.32. The molecule has 0 fully saturated rings. The Bertz CT molecular complexity index is 1090. The van der Waals surface area contributed by atoms with E-state index in [1.54, 1.807) is 12.1 Å². The summed E-state index contributed by atoms with van der Waals surface area (Å²) in [4.78, 5) is 18.6. The predicted octanol–water partition coefficient (Wildman–Crippen LogP) is 5.62. The number of H-pyrrole nitrogens is 1. The molecule has 0 spiro atoms. The second kappa shape index (κ2) is 8.72. The SMILES string of the molecule is N#Cc1cc(Cl)cc(Oc2c(Cl)ccc(CNC(=O)c3[nH]cnc3Cl)c2Cl)c1. The van der Waals surface area contributed by atoms with Crippen molar-refractivity contribution >= 4 is 52.3 Å². The quantitative estimate of drug-likeness (QED) is 0.522. The summed E-state index contributed by atoms with van der Waals surface area (Å²) in [5.41, 5.74) is 1.04. The largest absolute Gasteiger partial charge is 0.454 e. The Labute approximate surface area is 179 Å². The molecule has 1 amide bonds. The fourth-order valence-electron chi connectivity index (χ4n) is 2.31. The van der Waals surface area contributed by atoms with E-state index in [9.17, 15) is 4.79 Å². The smallest absolute Gasteiger partial charge is 0.271 e. The Kier molecular flexibility index (Phi) is 6.32. The Balaban J connectivity index is 1.82. The summed E-state index contributed by atoms with van der Waals surface area (Å²) in [5.74, 6) is 0.0450. The third kappa shape index (κ3) is 4.51. The highest BCUT2D eigenvalue weighted by Gasteiger charge is 2.17. The molecule has 0 saturated heterocycles. The molecule has 2 aromatic carbocycles. The number of halogens is 4. The number of carbonyl (C=O) groups excluding carboxylic acids is 1. The Morgan fingerprint density at radius 2 is 2.00 bits per heavy atom. The van der Waals surface area contributed by atoms with Gasteiger partial charge in [-0.25, -0.2) is 4.98 Å². The molecule has 6 nitrogen and oxygen atoms in total. The third-order valence-electron chi connectivity index (χ3n) is 3.61. The van der Waals surface area contributed by atoms with Crippen molar-refractivity contribution in [3.05, 3.63) is 73.7 Å². The molecule has 28 heavy (non-hydrogen) atoms. The van der Waals surface area contributed by atoms with Crippen LogP contribution in [0.4, 0.5) is 0 Å². The number of imidazole rings is 1. The molecule has 0 aliphatic carbocycles. The van der Waals surface area contributed by atoms with E-state index in [1.807, 2.05) is 6.07 Å². The molecule has 0 aliphatic heterocycles. The van der Waals surface area contributed by atoms with Crippen molar-refractivity contribution in [3.63, 3.8) is 0 Å². The number of ether oxygens (including phenoxy) is 1. The lowest BCUT2D eigenvalue weighted by molar-refractivity contribution is 0.0946. The van der Waals surface area contributed by atoms with Gasteiger partial charge in [0.2, 0.25) is 0 Å². The third-order valence-corrected chi connectivity index (χ3v) is 4.83. The summed E-state index contributed by atoms with van der Waals surface area (Å²) in [6, 6.07) is 9.78. The van der Waals surface area contributed by atoms with E-state index in [1.165, 1.54) is 24.5 Å². The van der Waals surface area contributed by atoms with Crippen molar-refractivity contribution < 1.29 is 9.53 Å². The van der Waals surface area contributed by atoms with Gasteiger partial charge in [0.15, 0.2) is 10.9 Å². The predicted molar refractivity (Wildman–Crippen MR) is 107 cm³/mol. The van der Waals surface area contributed by atoms with E-state index >= 15 is 0 Å². The van der Waals surface area contributed by atoms with Crippen LogP contribution in [0.15, 0.2) is 36.7 Å². The summed E-state index contributed by atoms with van der Waals surface area (Å²) in [5, 5.41) is 12.6. The van der Waals surface area contributed by atoms with Gasteiger partial charge in [-0.2, -0.15) is 5.26 Å². The number of aromatic nitrogens is 2. The van der Waals surface area contributed by atoms with E-state index in [0.29, 0.717) is 21.9 Å². The van der Waals surface area contributed by atoms with Crippen molar-refractivity contribution in [2.75, 3.05) is 0 Å². The van der Waals surface area contributed by atoms with Crippen molar-refractivity contribution in [2.24, 2.45) is 0 Å². The summed E-state index contributed by atoms with van der Waals surface area (Å²) in [6.45, 7) is 0.0968. The first-order valence-corrected chi connectivity index (χ1v) is 9.22. The van der Waals surface area contributed by atoms with Gasteiger partial charge in [-0.05, 0) is 29.8 Å². The molecule has 0 bridgehead atoms. The molecule has 3 rings (SSSR count). The standard InChI is InChI=1S/C18H10Cl4N4O2/c19-11-3-9(6-23)4-12(5-11)28-16-13(20)2-1-10(14(16)21)7-24-18(27)15-17(22)26-8-25-15/h1-5,8H,7H2,(H,24,27)(H,25,26). The van der Waals surface area contributed by atoms with Gasteiger partial charge < -0.3 is 15.0 Å². The van der Waals surface area contributed by atoms with Crippen LogP contribution in [0.5, 0.6) is 11.5 Å². The molecule has 0 aliphatic rings. The van der Waals surface area contributed by atoms with Crippen LogP contribution in [0.3, 0.4) is 0 Å². The lowest BCUT2D eigenvalue weighted by Crippen LogP contribution is -2.23. The maximum Gasteiger partial charge on any atom is 0.271 e. The summed E-state index contributed by atoms with van der Waals surface area (Å²) >= 11 is 24.4. The van der Waals surface area contributed by atoms with Crippen molar-refractivity contribution in [2.45, 2.75) is 6.54 Å². The van der Waals surface area contributed by atoms with E-state index in [-0.39, 0.29) is 33.2 Å². The molecule has 142 valence electrons. The topological polar surface area (TPSA) is 90.8 Å². The average molecular weight is 456 g/mol. The maximum absolute atomic E-state index is 12.1. The van der Waals surface area contributed by atoms with Crippen LogP contribution in [0, 0.1) is 11.3 Å². The number of rotatable bonds is 5. The van der Waals surface area contributed by atoms with Gasteiger partial charge in [0, 0.05) is 11.6 Å². The van der Waals surface area contributed by atoms with Crippen LogP contribution in [0.25, 0.3) is 0 Å². The Hall–Kier alpha value is -2.43. The lowest BCUT2D eigenvalue weighted by atomic mass is 10.2. The van der Waals surface area contributed by atoms with Gasteiger partial charge in [0.1, 0.15) is 11.4 Å². The zero-order valence-corrected chi connectivity index (χ0v) is 16.9. The minimum atomic E-state index is -0.440. The zero-order chi connectivity index (χ0) is 20.3. The number of aromatic amines is 1. The number of carbonyl (C=O) groups is 1. The molecule has 3 aromatic rings.